The summed E-state index contributed by atoms with van der Waals surface area (Å²) in [5.74, 6) is -0.0511. The Balaban J connectivity index is 1.58. The van der Waals surface area contributed by atoms with Gasteiger partial charge in [0.2, 0.25) is 0 Å². The second kappa shape index (κ2) is 5.38. The first-order valence-corrected chi connectivity index (χ1v) is 7.08. The van der Waals surface area contributed by atoms with Crippen LogP contribution in [0.5, 0.6) is 0 Å². The quantitative estimate of drug-likeness (QED) is 0.742. The van der Waals surface area contributed by atoms with E-state index in [9.17, 15) is 4.79 Å². The van der Waals surface area contributed by atoms with E-state index in [2.05, 4.69) is 11.8 Å². The van der Waals surface area contributed by atoms with E-state index in [1.165, 1.54) is 45.3 Å². The van der Waals surface area contributed by atoms with Crippen molar-refractivity contribution in [3.05, 3.63) is 0 Å². The highest BCUT2D eigenvalue weighted by atomic mass is 16.4. The molecule has 1 aliphatic heterocycles. The topological polar surface area (TPSA) is 40.5 Å². The van der Waals surface area contributed by atoms with Crippen molar-refractivity contribution in [2.75, 3.05) is 19.6 Å². The van der Waals surface area contributed by atoms with Crippen LogP contribution in [0.2, 0.25) is 0 Å². The van der Waals surface area contributed by atoms with Crippen molar-refractivity contribution in [1.29, 1.82) is 0 Å². The van der Waals surface area contributed by atoms with E-state index in [4.69, 9.17) is 5.11 Å². The van der Waals surface area contributed by atoms with Gasteiger partial charge in [-0.2, -0.15) is 0 Å². The first-order chi connectivity index (χ1) is 8.13. The van der Waals surface area contributed by atoms with E-state index in [1.807, 2.05) is 0 Å². The predicted octanol–water partition coefficient (Wildman–Crippen LogP) is 2.75. The highest BCUT2D eigenvalue weighted by molar-refractivity contribution is 5.66. The van der Waals surface area contributed by atoms with Gasteiger partial charge < -0.3 is 10.0 Å². The average molecular weight is 239 g/mol. The molecule has 1 N–H and O–H groups in total. The fourth-order valence-electron chi connectivity index (χ4n) is 3.30. The van der Waals surface area contributed by atoms with E-state index in [0.29, 0.717) is 12.3 Å². The van der Waals surface area contributed by atoms with E-state index < -0.39 is 5.97 Å². The molecule has 0 bridgehead atoms. The summed E-state index contributed by atoms with van der Waals surface area (Å²) < 4.78 is 0. The monoisotopic (exact) mass is 239 g/mol. The number of carboxylic acids is 1. The van der Waals surface area contributed by atoms with Crippen molar-refractivity contribution in [2.45, 2.75) is 51.9 Å². The molecule has 1 saturated heterocycles. The molecule has 1 aliphatic carbocycles. The molecule has 3 heteroatoms. The van der Waals surface area contributed by atoms with Crippen LogP contribution in [0.25, 0.3) is 0 Å². The van der Waals surface area contributed by atoms with E-state index >= 15 is 0 Å². The third-order valence-electron chi connectivity index (χ3n) is 4.73. The van der Waals surface area contributed by atoms with Crippen LogP contribution in [0.1, 0.15) is 51.9 Å². The lowest BCUT2D eigenvalue weighted by Gasteiger charge is -2.56. The predicted molar refractivity (Wildman–Crippen MR) is 68.0 cm³/mol. The van der Waals surface area contributed by atoms with Crippen LogP contribution in [0.4, 0.5) is 0 Å². The molecule has 1 atom stereocenters. The Labute approximate surface area is 104 Å². The third-order valence-corrected chi connectivity index (χ3v) is 4.73. The number of nitrogens with zero attached hydrogens (tertiary/aromatic N) is 1. The smallest absolute Gasteiger partial charge is 0.303 e. The van der Waals surface area contributed by atoms with Crippen LogP contribution in [-0.4, -0.2) is 35.6 Å². The molecule has 2 aliphatic rings. The Morgan fingerprint density at radius 1 is 1.35 bits per heavy atom. The second-order valence-corrected chi connectivity index (χ2v) is 6.06. The molecule has 0 aromatic carbocycles. The Bertz CT molecular complexity index is 265. The van der Waals surface area contributed by atoms with Crippen LogP contribution in [0.15, 0.2) is 0 Å². The summed E-state index contributed by atoms with van der Waals surface area (Å²) in [7, 11) is 0. The highest BCUT2D eigenvalue weighted by Crippen LogP contribution is 2.48. The van der Waals surface area contributed by atoms with E-state index in [1.54, 1.807) is 0 Å². The molecule has 1 saturated carbocycles. The number of hydrogen-bond acceptors (Lipinski definition) is 2. The lowest BCUT2D eigenvalue weighted by Crippen LogP contribution is -2.59. The zero-order chi connectivity index (χ0) is 12.3. The molecule has 1 spiro atoms. The molecular weight excluding hydrogens is 214 g/mol. The lowest BCUT2D eigenvalue weighted by molar-refractivity contribution is -0.137. The lowest BCUT2D eigenvalue weighted by atomic mass is 9.63. The Morgan fingerprint density at radius 2 is 2.06 bits per heavy atom. The van der Waals surface area contributed by atoms with Crippen LogP contribution in [-0.2, 0) is 4.79 Å². The van der Waals surface area contributed by atoms with E-state index in [0.717, 1.165) is 18.3 Å². The SMILES string of the molecule is CCC(CCC(=O)O)CCN1CC2(CCC2)C1. The van der Waals surface area contributed by atoms with Crippen LogP contribution in [0.3, 0.4) is 0 Å². The van der Waals surface area contributed by atoms with Gasteiger partial charge in [0.05, 0.1) is 0 Å². The summed E-state index contributed by atoms with van der Waals surface area (Å²) in [6, 6.07) is 0. The maximum absolute atomic E-state index is 10.5. The highest BCUT2D eigenvalue weighted by Gasteiger charge is 2.46. The number of carbonyl (C=O) groups is 1. The van der Waals surface area contributed by atoms with Crippen molar-refractivity contribution in [1.82, 2.24) is 4.90 Å². The molecule has 0 aromatic rings. The zero-order valence-corrected chi connectivity index (χ0v) is 11.0. The number of aliphatic carboxylic acids is 1. The summed E-state index contributed by atoms with van der Waals surface area (Å²) in [4.78, 5) is 13.1. The molecule has 0 radical (unpaired) electrons. The van der Waals surface area contributed by atoms with Crippen molar-refractivity contribution < 1.29 is 9.90 Å². The van der Waals surface area contributed by atoms with Crippen molar-refractivity contribution in [3.63, 3.8) is 0 Å². The second-order valence-electron chi connectivity index (χ2n) is 6.06. The molecule has 0 aromatic heterocycles. The molecule has 1 heterocycles. The summed E-state index contributed by atoms with van der Waals surface area (Å²) in [6.07, 6.45) is 7.81. The first kappa shape index (κ1) is 12.9. The van der Waals surface area contributed by atoms with Gasteiger partial charge in [0, 0.05) is 19.5 Å². The molecule has 2 rings (SSSR count). The Hall–Kier alpha value is -0.570. The number of likely N-dealkylation sites (tertiary alicyclic amines) is 1. The molecule has 0 amide bonds. The molecule has 17 heavy (non-hydrogen) atoms. The Morgan fingerprint density at radius 3 is 2.53 bits per heavy atom. The van der Waals surface area contributed by atoms with Gasteiger partial charge in [-0.05, 0) is 43.6 Å². The minimum absolute atomic E-state index is 0.336. The van der Waals surface area contributed by atoms with Crippen molar-refractivity contribution >= 4 is 5.97 Å². The number of carboxylic acid groups (broad SMARTS) is 1. The maximum atomic E-state index is 10.5. The summed E-state index contributed by atoms with van der Waals surface area (Å²) in [6.45, 7) is 5.97. The van der Waals surface area contributed by atoms with Crippen LogP contribution in [0, 0.1) is 11.3 Å². The summed E-state index contributed by atoms with van der Waals surface area (Å²) in [5, 5.41) is 8.69. The summed E-state index contributed by atoms with van der Waals surface area (Å²) in [5.41, 5.74) is 0.725. The molecule has 1 unspecified atom stereocenters. The minimum atomic E-state index is -0.652. The standard InChI is InChI=1S/C14H25NO2/c1-2-12(4-5-13(16)17)6-9-15-10-14(11-15)7-3-8-14/h12H,2-11H2,1H3,(H,16,17). The molecule has 98 valence electrons. The van der Waals surface area contributed by atoms with Gasteiger partial charge in [-0.3, -0.25) is 4.79 Å². The zero-order valence-electron chi connectivity index (χ0n) is 11.0. The summed E-state index contributed by atoms with van der Waals surface area (Å²) >= 11 is 0. The van der Waals surface area contributed by atoms with Gasteiger partial charge in [-0.25, -0.2) is 0 Å². The third kappa shape index (κ3) is 3.21. The fraction of sp³-hybridized carbons (Fsp3) is 0.929. The Kier molecular flexibility index (Phi) is 4.08. The molecule has 3 nitrogen and oxygen atoms in total. The normalized spacial score (nSPS) is 24.1. The largest absolute Gasteiger partial charge is 0.481 e. The molecule has 2 fully saturated rings. The van der Waals surface area contributed by atoms with Gasteiger partial charge in [0.15, 0.2) is 0 Å². The first-order valence-electron chi connectivity index (χ1n) is 7.08. The van der Waals surface area contributed by atoms with Crippen LogP contribution >= 0.6 is 0 Å². The fourth-order valence-corrected chi connectivity index (χ4v) is 3.30. The average Bonchev–Trinajstić information content (AvgIpc) is 2.17. The van der Waals surface area contributed by atoms with Gasteiger partial charge in [-0.1, -0.05) is 19.8 Å². The minimum Gasteiger partial charge on any atom is -0.481 e. The maximum Gasteiger partial charge on any atom is 0.303 e. The molecular formula is C14H25NO2. The number of rotatable bonds is 7. The van der Waals surface area contributed by atoms with Gasteiger partial charge in [0.25, 0.3) is 0 Å². The van der Waals surface area contributed by atoms with Gasteiger partial charge in [-0.15, -0.1) is 0 Å². The van der Waals surface area contributed by atoms with E-state index in [-0.39, 0.29) is 0 Å². The van der Waals surface area contributed by atoms with Crippen molar-refractivity contribution in [2.24, 2.45) is 11.3 Å². The van der Waals surface area contributed by atoms with Gasteiger partial charge >= 0.3 is 5.97 Å². The van der Waals surface area contributed by atoms with Crippen molar-refractivity contribution in [3.8, 4) is 0 Å². The van der Waals surface area contributed by atoms with Gasteiger partial charge in [0.1, 0.15) is 0 Å². The number of hydrogen-bond donors (Lipinski definition) is 1. The van der Waals surface area contributed by atoms with Crippen LogP contribution < -0.4 is 0 Å².